The largest absolute Gasteiger partial charge is 0.342 e. The normalized spacial score (nSPS) is 23.1. The highest BCUT2D eigenvalue weighted by Gasteiger charge is 2.33. The van der Waals surface area contributed by atoms with E-state index in [-0.39, 0.29) is 23.6 Å². The second-order valence-electron chi connectivity index (χ2n) is 5.46. The Labute approximate surface area is 117 Å². The van der Waals surface area contributed by atoms with Crippen LogP contribution in [0.2, 0.25) is 0 Å². The zero-order chi connectivity index (χ0) is 13.9. The molecule has 3 rings (SSSR count). The monoisotopic (exact) mass is 277 g/mol. The van der Waals surface area contributed by atoms with Crippen molar-refractivity contribution in [1.29, 1.82) is 0 Å². The van der Waals surface area contributed by atoms with Crippen molar-refractivity contribution in [3.8, 4) is 0 Å². The summed E-state index contributed by atoms with van der Waals surface area (Å²) in [5.74, 6) is 0.229. The molecule has 1 aromatic rings. The number of hydrogen-bond donors (Lipinski definition) is 1. The number of amides is 2. The van der Waals surface area contributed by atoms with E-state index < -0.39 is 0 Å². The lowest BCUT2D eigenvalue weighted by molar-refractivity contribution is -0.135. The molecule has 1 atom stereocenters. The van der Waals surface area contributed by atoms with Gasteiger partial charge in [0.05, 0.1) is 5.92 Å². The van der Waals surface area contributed by atoms with Crippen molar-refractivity contribution in [2.45, 2.75) is 25.7 Å². The van der Waals surface area contributed by atoms with Crippen LogP contribution in [0.15, 0.2) is 6.33 Å². The van der Waals surface area contributed by atoms with E-state index in [9.17, 15) is 9.59 Å². The number of carbonyl (C=O) groups is 2. The number of nitrogens with one attached hydrogen (secondary N) is 1. The summed E-state index contributed by atoms with van der Waals surface area (Å²) in [6.45, 7) is 2.91. The lowest BCUT2D eigenvalue weighted by Gasteiger charge is -2.33. The van der Waals surface area contributed by atoms with E-state index in [0.29, 0.717) is 13.1 Å². The lowest BCUT2D eigenvalue weighted by Crippen LogP contribution is -2.46. The molecular formula is C13H19N5O2. The number of aromatic amines is 1. The summed E-state index contributed by atoms with van der Waals surface area (Å²) in [6, 6.07) is 0. The highest BCUT2D eigenvalue weighted by atomic mass is 16.2. The van der Waals surface area contributed by atoms with E-state index in [4.69, 9.17) is 0 Å². The van der Waals surface area contributed by atoms with Gasteiger partial charge in [0.1, 0.15) is 6.33 Å². The van der Waals surface area contributed by atoms with Crippen LogP contribution in [-0.2, 0) is 4.79 Å². The van der Waals surface area contributed by atoms with Crippen molar-refractivity contribution in [3.63, 3.8) is 0 Å². The molecule has 108 valence electrons. The number of hydrogen-bond acceptors (Lipinski definition) is 4. The summed E-state index contributed by atoms with van der Waals surface area (Å²) in [6.07, 6.45) is 5.25. The van der Waals surface area contributed by atoms with Crippen molar-refractivity contribution in [2.24, 2.45) is 5.92 Å². The van der Waals surface area contributed by atoms with Gasteiger partial charge in [0, 0.05) is 26.2 Å². The molecule has 0 aliphatic carbocycles. The van der Waals surface area contributed by atoms with Crippen LogP contribution in [0.1, 0.15) is 36.3 Å². The summed E-state index contributed by atoms with van der Waals surface area (Å²) < 4.78 is 0. The molecule has 0 radical (unpaired) electrons. The molecule has 2 amide bonds. The molecule has 0 saturated carbocycles. The molecule has 0 unspecified atom stereocenters. The van der Waals surface area contributed by atoms with Gasteiger partial charge in [-0.2, -0.15) is 5.10 Å². The smallest absolute Gasteiger partial charge is 0.291 e. The van der Waals surface area contributed by atoms with Crippen LogP contribution in [0, 0.1) is 5.92 Å². The van der Waals surface area contributed by atoms with Gasteiger partial charge in [-0.1, -0.05) is 0 Å². The second kappa shape index (κ2) is 5.60. The van der Waals surface area contributed by atoms with Crippen LogP contribution in [0.3, 0.4) is 0 Å². The Morgan fingerprint density at radius 1 is 1.15 bits per heavy atom. The molecule has 0 aromatic carbocycles. The topological polar surface area (TPSA) is 82.2 Å². The number of H-pyrrole nitrogens is 1. The van der Waals surface area contributed by atoms with Gasteiger partial charge in [0.25, 0.3) is 5.91 Å². The van der Waals surface area contributed by atoms with Crippen LogP contribution in [0.4, 0.5) is 0 Å². The first-order valence-electron chi connectivity index (χ1n) is 7.19. The first-order chi connectivity index (χ1) is 9.75. The number of likely N-dealkylation sites (tertiary alicyclic amines) is 2. The Hall–Kier alpha value is -1.92. The van der Waals surface area contributed by atoms with Gasteiger partial charge in [0.2, 0.25) is 11.7 Å². The molecule has 1 N–H and O–H groups in total. The Kier molecular flexibility index (Phi) is 3.66. The Morgan fingerprint density at radius 3 is 2.60 bits per heavy atom. The van der Waals surface area contributed by atoms with Crippen molar-refractivity contribution >= 4 is 11.8 Å². The highest BCUT2D eigenvalue weighted by molar-refractivity contribution is 5.91. The van der Waals surface area contributed by atoms with Gasteiger partial charge >= 0.3 is 0 Å². The maximum Gasteiger partial charge on any atom is 0.291 e. The number of rotatable bonds is 2. The van der Waals surface area contributed by atoms with Gasteiger partial charge in [-0.3, -0.25) is 14.7 Å². The van der Waals surface area contributed by atoms with Gasteiger partial charge in [-0.05, 0) is 25.7 Å². The van der Waals surface area contributed by atoms with E-state index in [1.54, 1.807) is 4.90 Å². The molecule has 7 heteroatoms. The SMILES string of the molecule is O=C(c1ncn[nH]1)N1CCC[C@H](C(=O)N2CCCC2)C1. The van der Waals surface area contributed by atoms with Crippen LogP contribution in [-0.4, -0.2) is 63.0 Å². The molecule has 0 bridgehead atoms. The maximum absolute atomic E-state index is 12.4. The quantitative estimate of drug-likeness (QED) is 0.841. The molecule has 2 saturated heterocycles. The molecule has 20 heavy (non-hydrogen) atoms. The van der Waals surface area contributed by atoms with Crippen molar-refractivity contribution < 1.29 is 9.59 Å². The molecule has 2 aliphatic heterocycles. The fraction of sp³-hybridized carbons (Fsp3) is 0.692. The van der Waals surface area contributed by atoms with E-state index in [2.05, 4.69) is 15.2 Å². The third-order valence-electron chi connectivity index (χ3n) is 4.09. The Bertz CT molecular complexity index is 481. The molecule has 2 aliphatic rings. The first kappa shape index (κ1) is 13.1. The average Bonchev–Trinajstić information content (AvgIpc) is 3.18. The first-order valence-corrected chi connectivity index (χ1v) is 7.19. The van der Waals surface area contributed by atoms with Crippen LogP contribution in [0.5, 0.6) is 0 Å². The standard InChI is InChI=1S/C13H19N5O2/c19-12(17-5-1-2-6-17)10-4-3-7-18(8-10)13(20)11-14-9-15-16-11/h9-10H,1-8H2,(H,14,15,16)/t10-/m0/s1. The molecule has 2 fully saturated rings. The van der Waals surface area contributed by atoms with Gasteiger partial charge in [-0.25, -0.2) is 4.98 Å². The average molecular weight is 277 g/mol. The predicted octanol–water partition coefficient (Wildman–Crippen LogP) is 0.279. The summed E-state index contributed by atoms with van der Waals surface area (Å²) in [5, 5.41) is 6.28. The summed E-state index contributed by atoms with van der Waals surface area (Å²) in [5.41, 5.74) is 0. The zero-order valence-electron chi connectivity index (χ0n) is 11.4. The van der Waals surface area contributed by atoms with Crippen LogP contribution < -0.4 is 0 Å². The molecule has 3 heterocycles. The Balaban J connectivity index is 1.64. The fourth-order valence-corrected chi connectivity index (χ4v) is 3.02. The van der Waals surface area contributed by atoms with Crippen molar-refractivity contribution in [2.75, 3.05) is 26.2 Å². The number of aromatic nitrogens is 3. The predicted molar refractivity (Wildman–Crippen MR) is 70.8 cm³/mol. The maximum atomic E-state index is 12.4. The van der Waals surface area contributed by atoms with E-state index in [1.165, 1.54) is 6.33 Å². The minimum atomic E-state index is -0.165. The van der Waals surface area contributed by atoms with Gasteiger partial charge in [0.15, 0.2) is 0 Å². The minimum Gasteiger partial charge on any atom is -0.342 e. The second-order valence-corrected chi connectivity index (χ2v) is 5.46. The summed E-state index contributed by atoms with van der Waals surface area (Å²) >= 11 is 0. The fourth-order valence-electron chi connectivity index (χ4n) is 3.02. The number of piperidine rings is 1. The summed E-state index contributed by atoms with van der Waals surface area (Å²) in [7, 11) is 0. The van der Waals surface area contributed by atoms with Crippen molar-refractivity contribution in [3.05, 3.63) is 12.2 Å². The van der Waals surface area contributed by atoms with Crippen LogP contribution >= 0.6 is 0 Å². The van der Waals surface area contributed by atoms with E-state index >= 15 is 0 Å². The molecular weight excluding hydrogens is 258 g/mol. The summed E-state index contributed by atoms with van der Waals surface area (Å²) in [4.78, 5) is 32.2. The number of carbonyl (C=O) groups excluding carboxylic acids is 2. The Morgan fingerprint density at radius 2 is 1.90 bits per heavy atom. The third kappa shape index (κ3) is 2.52. The van der Waals surface area contributed by atoms with Gasteiger partial charge < -0.3 is 9.80 Å². The van der Waals surface area contributed by atoms with Gasteiger partial charge in [-0.15, -0.1) is 0 Å². The van der Waals surface area contributed by atoms with Crippen molar-refractivity contribution in [1.82, 2.24) is 25.0 Å². The number of nitrogens with zero attached hydrogens (tertiary/aromatic N) is 4. The zero-order valence-corrected chi connectivity index (χ0v) is 11.4. The molecule has 0 spiro atoms. The highest BCUT2D eigenvalue weighted by Crippen LogP contribution is 2.22. The molecule has 1 aromatic heterocycles. The lowest BCUT2D eigenvalue weighted by atomic mass is 9.96. The van der Waals surface area contributed by atoms with Crippen LogP contribution in [0.25, 0.3) is 0 Å². The minimum absolute atomic E-state index is 0.0614. The van der Waals surface area contributed by atoms with E-state index in [1.807, 2.05) is 4.90 Å². The van der Waals surface area contributed by atoms with E-state index in [0.717, 1.165) is 38.8 Å². The molecule has 7 nitrogen and oxygen atoms in total. The third-order valence-corrected chi connectivity index (χ3v) is 4.09.